The lowest BCUT2D eigenvalue weighted by Crippen LogP contribution is -2.12. The third-order valence-corrected chi connectivity index (χ3v) is 4.22. The Hall–Kier alpha value is -1.27. The van der Waals surface area contributed by atoms with Crippen molar-refractivity contribution in [3.8, 4) is 0 Å². The molecule has 1 heterocycles. The minimum absolute atomic E-state index is 0.0233. The van der Waals surface area contributed by atoms with Crippen LogP contribution in [0.5, 0.6) is 0 Å². The standard InChI is InChI=1S/C15H18BrF2N3/c1-9-11(6-7-19-3)10(2)21(20-9)8-12-14(17)5-4-13(16)15(12)18/h4-5,19H,6-8H2,1-3H3. The molecule has 0 unspecified atom stereocenters. The molecule has 1 aromatic carbocycles. The van der Waals surface area contributed by atoms with Gasteiger partial charge in [0.2, 0.25) is 0 Å². The highest BCUT2D eigenvalue weighted by molar-refractivity contribution is 9.10. The first-order valence-electron chi connectivity index (χ1n) is 6.75. The number of rotatable bonds is 5. The van der Waals surface area contributed by atoms with Gasteiger partial charge in [-0.15, -0.1) is 0 Å². The Morgan fingerprint density at radius 1 is 1.24 bits per heavy atom. The minimum atomic E-state index is -0.570. The molecule has 3 nitrogen and oxygen atoms in total. The predicted octanol–water partition coefficient (Wildman–Crippen LogP) is 3.35. The molecule has 21 heavy (non-hydrogen) atoms. The number of nitrogens with one attached hydrogen (secondary N) is 1. The second kappa shape index (κ2) is 6.66. The van der Waals surface area contributed by atoms with Gasteiger partial charge < -0.3 is 5.32 Å². The summed E-state index contributed by atoms with van der Waals surface area (Å²) in [6.07, 6.45) is 0.845. The average Bonchev–Trinajstić information content (AvgIpc) is 2.72. The monoisotopic (exact) mass is 357 g/mol. The van der Waals surface area contributed by atoms with Gasteiger partial charge in [0.25, 0.3) is 0 Å². The van der Waals surface area contributed by atoms with Crippen molar-refractivity contribution < 1.29 is 8.78 Å². The highest BCUT2D eigenvalue weighted by atomic mass is 79.9. The molecule has 0 aliphatic carbocycles. The number of hydrogen-bond acceptors (Lipinski definition) is 2. The van der Waals surface area contributed by atoms with Crippen molar-refractivity contribution in [3.05, 3.63) is 50.8 Å². The van der Waals surface area contributed by atoms with Crippen LogP contribution >= 0.6 is 15.9 Å². The van der Waals surface area contributed by atoms with Crippen molar-refractivity contribution in [3.63, 3.8) is 0 Å². The molecule has 0 spiro atoms. The van der Waals surface area contributed by atoms with E-state index < -0.39 is 11.6 Å². The summed E-state index contributed by atoms with van der Waals surface area (Å²) < 4.78 is 29.8. The Balaban J connectivity index is 2.35. The van der Waals surface area contributed by atoms with Crippen molar-refractivity contribution in [2.75, 3.05) is 13.6 Å². The number of halogens is 3. The fourth-order valence-electron chi connectivity index (χ4n) is 2.36. The van der Waals surface area contributed by atoms with E-state index in [0.29, 0.717) is 0 Å². The normalized spacial score (nSPS) is 11.1. The quantitative estimate of drug-likeness (QED) is 0.831. The summed E-state index contributed by atoms with van der Waals surface area (Å²) in [4.78, 5) is 0. The molecule has 0 saturated carbocycles. The second-order valence-electron chi connectivity index (χ2n) is 4.98. The van der Waals surface area contributed by atoms with Crippen molar-refractivity contribution >= 4 is 15.9 Å². The number of aromatic nitrogens is 2. The molecule has 1 aromatic heterocycles. The molecule has 0 atom stereocenters. The summed E-state index contributed by atoms with van der Waals surface area (Å²) in [6, 6.07) is 2.63. The van der Waals surface area contributed by atoms with Gasteiger partial charge in [-0.3, -0.25) is 4.68 Å². The lowest BCUT2D eigenvalue weighted by Gasteiger charge is -2.09. The zero-order valence-electron chi connectivity index (χ0n) is 12.3. The van der Waals surface area contributed by atoms with E-state index in [0.717, 1.165) is 29.9 Å². The van der Waals surface area contributed by atoms with E-state index >= 15 is 0 Å². The molecule has 0 fully saturated rings. The molecule has 0 bridgehead atoms. The SMILES string of the molecule is CNCCc1c(C)nn(Cc2c(F)ccc(Br)c2F)c1C. The molecule has 0 aliphatic rings. The lowest BCUT2D eigenvalue weighted by atomic mass is 10.1. The lowest BCUT2D eigenvalue weighted by molar-refractivity contribution is 0.525. The number of nitrogens with zero attached hydrogens (tertiary/aromatic N) is 2. The zero-order valence-corrected chi connectivity index (χ0v) is 13.9. The van der Waals surface area contributed by atoms with E-state index in [1.165, 1.54) is 12.1 Å². The van der Waals surface area contributed by atoms with E-state index in [1.54, 1.807) is 4.68 Å². The van der Waals surface area contributed by atoms with Gasteiger partial charge in [-0.1, -0.05) is 0 Å². The Morgan fingerprint density at radius 2 is 1.95 bits per heavy atom. The Labute approximate surface area is 131 Å². The summed E-state index contributed by atoms with van der Waals surface area (Å²) in [7, 11) is 1.89. The van der Waals surface area contributed by atoms with Gasteiger partial charge in [0, 0.05) is 11.3 Å². The molecule has 114 valence electrons. The van der Waals surface area contributed by atoms with Crippen LogP contribution in [0.2, 0.25) is 0 Å². The van der Waals surface area contributed by atoms with E-state index in [1.807, 2.05) is 20.9 Å². The fraction of sp³-hybridized carbons (Fsp3) is 0.400. The number of benzene rings is 1. The molecular formula is C15H18BrF2N3. The molecule has 6 heteroatoms. The molecule has 1 N–H and O–H groups in total. The van der Waals surface area contributed by atoms with Crippen LogP contribution in [0.4, 0.5) is 8.78 Å². The van der Waals surface area contributed by atoms with Crippen LogP contribution in [0, 0.1) is 25.5 Å². The van der Waals surface area contributed by atoms with Gasteiger partial charge in [0.05, 0.1) is 16.7 Å². The third kappa shape index (κ3) is 3.32. The van der Waals surface area contributed by atoms with Crippen LogP contribution in [0.15, 0.2) is 16.6 Å². The average molecular weight is 358 g/mol. The molecule has 2 aromatic rings. The largest absolute Gasteiger partial charge is 0.319 e. The summed E-state index contributed by atoms with van der Waals surface area (Å²) in [5, 5.41) is 7.50. The van der Waals surface area contributed by atoms with Crippen LogP contribution in [-0.4, -0.2) is 23.4 Å². The van der Waals surface area contributed by atoms with Gasteiger partial charge in [-0.2, -0.15) is 5.10 Å². The van der Waals surface area contributed by atoms with Gasteiger partial charge in [0.15, 0.2) is 0 Å². The van der Waals surface area contributed by atoms with E-state index in [4.69, 9.17) is 0 Å². The topological polar surface area (TPSA) is 29.9 Å². The summed E-state index contributed by atoms with van der Waals surface area (Å²) in [5.74, 6) is -1.13. The van der Waals surface area contributed by atoms with Crippen LogP contribution in [0.25, 0.3) is 0 Å². The summed E-state index contributed by atoms with van der Waals surface area (Å²) in [5.41, 5.74) is 3.00. The maximum absolute atomic E-state index is 14.1. The number of likely N-dealkylation sites (N-methyl/N-ethyl adjacent to an activating group) is 1. The van der Waals surface area contributed by atoms with Gasteiger partial charge in [-0.25, -0.2) is 8.78 Å². The minimum Gasteiger partial charge on any atom is -0.319 e. The second-order valence-corrected chi connectivity index (χ2v) is 5.84. The maximum Gasteiger partial charge on any atom is 0.145 e. The summed E-state index contributed by atoms with van der Waals surface area (Å²) >= 11 is 3.09. The van der Waals surface area contributed by atoms with Crippen LogP contribution in [0.1, 0.15) is 22.5 Å². The van der Waals surface area contributed by atoms with Crippen LogP contribution in [0.3, 0.4) is 0 Å². The first kappa shape index (κ1) is 16.1. The number of hydrogen-bond donors (Lipinski definition) is 1. The van der Waals surface area contributed by atoms with Crippen molar-refractivity contribution in [2.24, 2.45) is 0 Å². The first-order valence-corrected chi connectivity index (χ1v) is 7.54. The smallest absolute Gasteiger partial charge is 0.145 e. The number of aryl methyl sites for hydroxylation is 1. The third-order valence-electron chi connectivity index (χ3n) is 3.60. The van der Waals surface area contributed by atoms with E-state index in [2.05, 4.69) is 26.3 Å². The Kier molecular flexibility index (Phi) is 5.11. The first-order chi connectivity index (χ1) is 9.95. The predicted molar refractivity (Wildman–Crippen MR) is 82.5 cm³/mol. The van der Waals surface area contributed by atoms with Gasteiger partial charge >= 0.3 is 0 Å². The molecule has 0 saturated heterocycles. The molecular weight excluding hydrogens is 340 g/mol. The summed E-state index contributed by atoms with van der Waals surface area (Å²) in [6.45, 7) is 4.78. The highest BCUT2D eigenvalue weighted by Crippen LogP contribution is 2.23. The van der Waals surface area contributed by atoms with Gasteiger partial charge in [0.1, 0.15) is 11.6 Å². The Morgan fingerprint density at radius 3 is 2.62 bits per heavy atom. The van der Waals surface area contributed by atoms with Crippen molar-refractivity contribution in [1.29, 1.82) is 0 Å². The molecule has 0 amide bonds. The molecule has 0 radical (unpaired) electrons. The van der Waals surface area contributed by atoms with Crippen LogP contribution in [-0.2, 0) is 13.0 Å². The highest BCUT2D eigenvalue weighted by Gasteiger charge is 2.16. The van der Waals surface area contributed by atoms with E-state index in [-0.39, 0.29) is 16.6 Å². The maximum atomic E-state index is 14.1. The van der Waals surface area contributed by atoms with Crippen molar-refractivity contribution in [1.82, 2.24) is 15.1 Å². The fourth-order valence-corrected chi connectivity index (χ4v) is 2.74. The zero-order chi connectivity index (χ0) is 15.6. The van der Waals surface area contributed by atoms with E-state index in [9.17, 15) is 8.78 Å². The Bertz CT molecular complexity index is 653. The van der Waals surface area contributed by atoms with Crippen molar-refractivity contribution in [2.45, 2.75) is 26.8 Å². The molecule has 0 aliphatic heterocycles. The molecule has 2 rings (SSSR count). The van der Waals surface area contributed by atoms with Crippen LogP contribution < -0.4 is 5.32 Å². The van der Waals surface area contributed by atoms with Gasteiger partial charge in [-0.05, 0) is 67.5 Å².